The van der Waals surface area contributed by atoms with Crippen molar-refractivity contribution in [2.24, 2.45) is 5.73 Å². The van der Waals surface area contributed by atoms with Crippen LogP contribution in [0.2, 0.25) is 0 Å². The maximum absolute atomic E-state index is 12.5. The monoisotopic (exact) mass is 254 g/mol. The highest BCUT2D eigenvalue weighted by molar-refractivity contribution is 5.97. The fraction of sp³-hybridized carbons (Fsp3) is 0.188. The Bertz CT molecular complexity index is 525. The van der Waals surface area contributed by atoms with Gasteiger partial charge < -0.3 is 10.6 Å². The van der Waals surface area contributed by atoms with Gasteiger partial charge in [-0.3, -0.25) is 4.79 Å². The Morgan fingerprint density at radius 3 is 2.11 bits per heavy atom. The maximum Gasteiger partial charge on any atom is 0.248 e. The number of nitrogens with zero attached hydrogens (tertiary/aromatic N) is 1. The molecule has 0 saturated carbocycles. The van der Waals surface area contributed by atoms with Crippen molar-refractivity contribution in [2.45, 2.75) is 13.0 Å². The summed E-state index contributed by atoms with van der Waals surface area (Å²) in [5.74, 6) is -0.0834. The van der Waals surface area contributed by atoms with Crippen LogP contribution in [0.25, 0.3) is 0 Å². The molecule has 2 aromatic rings. The first kappa shape index (κ1) is 13.3. The van der Waals surface area contributed by atoms with E-state index in [0.29, 0.717) is 6.54 Å². The average molecular weight is 254 g/mol. The fourth-order valence-electron chi connectivity index (χ4n) is 2.04. The van der Waals surface area contributed by atoms with Gasteiger partial charge in [0.05, 0.1) is 0 Å². The molecule has 3 nitrogen and oxygen atoms in total. The molecule has 2 N–H and O–H groups in total. The van der Waals surface area contributed by atoms with E-state index < -0.39 is 6.04 Å². The normalized spacial score (nSPS) is 11.9. The number of carbonyl (C=O) groups excluding carboxylic acids is 1. The number of hydrogen-bond acceptors (Lipinski definition) is 2. The third-order valence-electron chi connectivity index (χ3n) is 3.07. The summed E-state index contributed by atoms with van der Waals surface area (Å²) in [5.41, 5.74) is 7.77. The first-order valence-corrected chi connectivity index (χ1v) is 6.41. The van der Waals surface area contributed by atoms with Crippen LogP contribution < -0.4 is 10.6 Å². The van der Waals surface area contributed by atoms with Crippen LogP contribution in [0, 0.1) is 0 Å². The lowest BCUT2D eigenvalue weighted by Crippen LogP contribution is -2.38. The van der Waals surface area contributed by atoms with Gasteiger partial charge >= 0.3 is 0 Å². The van der Waals surface area contributed by atoms with Gasteiger partial charge in [0.15, 0.2) is 0 Å². The molecule has 19 heavy (non-hydrogen) atoms. The van der Waals surface area contributed by atoms with Crippen molar-refractivity contribution in [3.05, 3.63) is 66.2 Å². The molecule has 1 atom stereocenters. The molecule has 98 valence electrons. The Morgan fingerprint density at radius 2 is 1.58 bits per heavy atom. The van der Waals surface area contributed by atoms with Gasteiger partial charge in [0.1, 0.15) is 6.04 Å². The van der Waals surface area contributed by atoms with Crippen molar-refractivity contribution in [3.63, 3.8) is 0 Å². The minimum atomic E-state index is -0.624. The summed E-state index contributed by atoms with van der Waals surface area (Å²) < 4.78 is 0. The molecule has 0 aromatic heterocycles. The van der Waals surface area contributed by atoms with Crippen LogP contribution in [-0.2, 0) is 4.79 Å². The molecule has 0 saturated heterocycles. The number of benzene rings is 2. The minimum Gasteiger partial charge on any atom is -0.316 e. The summed E-state index contributed by atoms with van der Waals surface area (Å²) in [6, 6.07) is 18.4. The minimum absolute atomic E-state index is 0.0834. The van der Waals surface area contributed by atoms with Gasteiger partial charge in [-0.05, 0) is 24.6 Å². The zero-order valence-electron chi connectivity index (χ0n) is 11.0. The summed E-state index contributed by atoms with van der Waals surface area (Å²) in [6.45, 7) is 2.55. The molecular formula is C16H18N2O. The van der Waals surface area contributed by atoms with Gasteiger partial charge in [-0.15, -0.1) is 0 Å². The Kier molecular flexibility index (Phi) is 4.31. The van der Waals surface area contributed by atoms with Crippen molar-refractivity contribution in [2.75, 3.05) is 11.4 Å². The van der Waals surface area contributed by atoms with Crippen molar-refractivity contribution < 1.29 is 4.79 Å². The van der Waals surface area contributed by atoms with Crippen molar-refractivity contribution in [3.8, 4) is 0 Å². The molecule has 3 heteroatoms. The van der Waals surface area contributed by atoms with Crippen molar-refractivity contribution in [1.82, 2.24) is 0 Å². The van der Waals surface area contributed by atoms with E-state index in [2.05, 4.69) is 0 Å². The molecule has 0 aliphatic heterocycles. The van der Waals surface area contributed by atoms with E-state index in [9.17, 15) is 4.79 Å². The fourth-order valence-corrected chi connectivity index (χ4v) is 2.04. The first-order valence-electron chi connectivity index (χ1n) is 6.41. The molecule has 0 spiro atoms. The second-order valence-electron chi connectivity index (χ2n) is 4.31. The van der Waals surface area contributed by atoms with Crippen LogP contribution >= 0.6 is 0 Å². The molecule has 0 radical (unpaired) electrons. The molecular weight excluding hydrogens is 236 g/mol. The van der Waals surface area contributed by atoms with Crippen LogP contribution in [0.15, 0.2) is 60.7 Å². The number of likely N-dealkylation sites (N-methyl/N-ethyl adjacent to an activating group) is 1. The van der Waals surface area contributed by atoms with Crippen LogP contribution in [0.5, 0.6) is 0 Å². The molecule has 0 aliphatic rings. The van der Waals surface area contributed by atoms with Gasteiger partial charge in [0.25, 0.3) is 0 Å². The largest absolute Gasteiger partial charge is 0.316 e. The first-order chi connectivity index (χ1) is 9.24. The summed E-state index contributed by atoms with van der Waals surface area (Å²) in [6.07, 6.45) is 0. The Balaban J connectivity index is 2.22. The molecule has 1 amide bonds. The predicted molar refractivity (Wildman–Crippen MR) is 77.8 cm³/mol. The van der Waals surface area contributed by atoms with Crippen LogP contribution in [0.1, 0.15) is 18.5 Å². The van der Waals surface area contributed by atoms with Crippen LogP contribution in [-0.4, -0.2) is 12.5 Å². The van der Waals surface area contributed by atoms with Crippen molar-refractivity contribution >= 4 is 11.6 Å². The predicted octanol–water partition coefficient (Wildman–Crippen LogP) is 2.74. The molecule has 2 aromatic carbocycles. The van der Waals surface area contributed by atoms with E-state index in [4.69, 9.17) is 5.73 Å². The van der Waals surface area contributed by atoms with E-state index >= 15 is 0 Å². The lowest BCUT2D eigenvalue weighted by Gasteiger charge is -2.24. The average Bonchev–Trinajstić information content (AvgIpc) is 2.49. The van der Waals surface area contributed by atoms with Crippen LogP contribution in [0.4, 0.5) is 5.69 Å². The number of anilines is 1. The lowest BCUT2D eigenvalue weighted by atomic mass is 10.1. The zero-order chi connectivity index (χ0) is 13.7. The second kappa shape index (κ2) is 6.16. The van der Waals surface area contributed by atoms with E-state index in [0.717, 1.165) is 11.3 Å². The van der Waals surface area contributed by atoms with Gasteiger partial charge in [-0.2, -0.15) is 0 Å². The molecule has 0 fully saturated rings. The lowest BCUT2D eigenvalue weighted by molar-refractivity contribution is -0.119. The Hall–Kier alpha value is -2.13. The summed E-state index contributed by atoms with van der Waals surface area (Å²) >= 11 is 0. The van der Waals surface area contributed by atoms with Crippen LogP contribution in [0.3, 0.4) is 0 Å². The Morgan fingerprint density at radius 1 is 1.05 bits per heavy atom. The van der Waals surface area contributed by atoms with E-state index in [-0.39, 0.29) is 5.91 Å². The number of amides is 1. The summed E-state index contributed by atoms with van der Waals surface area (Å²) in [4.78, 5) is 14.2. The molecule has 0 bridgehead atoms. The van der Waals surface area contributed by atoms with E-state index in [1.165, 1.54) is 0 Å². The number of hydrogen-bond donors (Lipinski definition) is 1. The standard InChI is InChI=1S/C16H18N2O/c1-2-18(14-11-7-4-8-12-14)16(19)15(17)13-9-5-3-6-10-13/h3-12,15H,2,17H2,1H3/t15-/m1/s1. The molecule has 0 aliphatic carbocycles. The SMILES string of the molecule is CCN(C(=O)[C@H](N)c1ccccc1)c1ccccc1. The highest BCUT2D eigenvalue weighted by atomic mass is 16.2. The zero-order valence-corrected chi connectivity index (χ0v) is 11.0. The summed E-state index contributed by atoms with van der Waals surface area (Å²) in [7, 11) is 0. The summed E-state index contributed by atoms with van der Waals surface area (Å²) in [5, 5.41) is 0. The number of rotatable bonds is 4. The Labute approximate surface area is 113 Å². The number of nitrogens with two attached hydrogens (primary N) is 1. The number of para-hydroxylation sites is 1. The van der Waals surface area contributed by atoms with E-state index in [1.54, 1.807) is 4.90 Å². The third-order valence-corrected chi connectivity index (χ3v) is 3.07. The smallest absolute Gasteiger partial charge is 0.248 e. The van der Waals surface area contributed by atoms with Crippen molar-refractivity contribution in [1.29, 1.82) is 0 Å². The van der Waals surface area contributed by atoms with Gasteiger partial charge in [0.2, 0.25) is 5.91 Å². The second-order valence-corrected chi connectivity index (χ2v) is 4.31. The van der Waals surface area contributed by atoms with Gasteiger partial charge in [0, 0.05) is 12.2 Å². The van der Waals surface area contributed by atoms with Gasteiger partial charge in [-0.25, -0.2) is 0 Å². The molecule has 0 unspecified atom stereocenters. The maximum atomic E-state index is 12.5. The van der Waals surface area contributed by atoms with Gasteiger partial charge in [-0.1, -0.05) is 48.5 Å². The topological polar surface area (TPSA) is 46.3 Å². The molecule has 2 rings (SSSR count). The highest BCUT2D eigenvalue weighted by Gasteiger charge is 2.22. The quantitative estimate of drug-likeness (QED) is 0.912. The number of carbonyl (C=O) groups is 1. The van der Waals surface area contributed by atoms with E-state index in [1.807, 2.05) is 67.6 Å². The molecule has 0 heterocycles. The highest BCUT2D eigenvalue weighted by Crippen LogP contribution is 2.19. The third kappa shape index (κ3) is 3.01.